The molecule has 2 heterocycles. The number of esters is 1. The van der Waals surface area contributed by atoms with Crippen molar-refractivity contribution in [1.82, 2.24) is 0 Å². The second kappa shape index (κ2) is 5.12. The van der Waals surface area contributed by atoms with Gasteiger partial charge in [-0.15, -0.1) is 22.7 Å². The largest absolute Gasteiger partial charge is 0.462 e. The van der Waals surface area contributed by atoms with Crippen molar-refractivity contribution >= 4 is 34.3 Å². The Morgan fingerprint density at radius 2 is 2.11 bits per heavy atom. The Bertz CT molecular complexity index is 584. The van der Waals surface area contributed by atoms with E-state index in [4.69, 9.17) is 10.5 Å². The Hall–Kier alpha value is -1.33. The van der Waals surface area contributed by atoms with Gasteiger partial charge in [0, 0.05) is 4.88 Å². The van der Waals surface area contributed by atoms with Crippen LogP contribution in [0.2, 0.25) is 0 Å². The molecule has 0 aliphatic carbocycles. The highest BCUT2D eigenvalue weighted by molar-refractivity contribution is 7.23. The minimum atomic E-state index is -0.330. The van der Waals surface area contributed by atoms with E-state index < -0.39 is 0 Å². The number of hydrogen-bond acceptors (Lipinski definition) is 5. The summed E-state index contributed by atoms with van der Waals surface area (Å²) in [5.41, 5.74) is 8.72. The molecule has 2 rings (SSSR count). The summed E-state index contributed by atoms with van der Waals surface area (Å²) in [6.07, 6.45) is 0. The van der Waals surface area contributed by atoms with Crippen molar-refractivity contribution in [2.75, 3.05) is 12.3 Å². The van der Waals surface area contributed by atoms with E-state index in [1.54, 1.807) is 18.3 Å². The van der Waals surface area contributed by atoms with Gasteiger partial charge in [0.25, 0.3) is 0 Å². The van der Waals surface area contributed by atoms with E-state index in [0.717, 1.165) is 10.4 Å². The van der Waals surface area contributed by atoms with Crippen LogP contribution in [0.3, 0.4) is 0 Å². The van der Waals surface area contributed by atoms with E-state index in [-0.39, 0.29) is 5.97 Å². The van der Waals surface area contributed by atoms with Crippen LogP contribution in [0.15, 0.2) is 11.4 Å². The summed E-state index contributed by atoms with van der Waals surface area (Å²) in [5.74, 6) is -0.330. The highest BCUT2D eigenvalue weighted by Crippen LogP contribution is 2.41. The fraction of sp³-hybridized carbons (Fsp3) is 0.308. The van der Waals surface area contributed by atoms with Crippen molar-refractivity contribution in [1.29, 1.82) is 0 Å². The second-order valence-electron chi connectivity index (χ2n) is 3.95. The van der Waals surface area contributed by atoms with Gasteiger partial charge in [-0.2, -0.15) is 0 Å². The maximum atomic E-state index is 11.8. The highest BCUT2D eigenvalue weighted by atomic mass is 32.1. The molecular weight excluding hydrogens is 266 g/mol. The number of anilines is 1. The Balaban J connectivity index is 2.49. The summed E-state index contributed by atoms with van der Waals surface area (Å²) in [5, 5.41) is 2.05. The second-order valence-corrected chi connectivity index (χ2v) is 5.89. The third kappa shape index (κ3) is 2.15. The first-order chi connectivity index (χ1) is 8.56. The topological polar surface area (TPSA) is 52.3 Å². The maximum absolute atomic E-state index is 11.8. The Morgan fingerprint density at radius 1 is 1.39 bits per heavy atom. The van der Waals surface area contributed by atoms with E-state index in [1.807, 2.05) is 12.3 Å². The molecule has 0 saturated carbocycles. The molecule has 0 aliphatic rings. The summed E-state index contributed by atoms with van der Waals surface area (Å²) in [6, 6.07) is 2.07. The monoisotopic (exact) mass is 281 g/mol. The Kier molecular flexibility index (Phi) is 3.73. The summed E-state index contributed by atoms with van der Waals surface area (Å²) in [6.45, 7) is 6.16. The molecule has 96 valence electrons. The lowest BCUT2D eigenvalue weighted by molar-refractivity contribution is 0.0533. The van der Waals surface area contributed by atoms with Crippen LogP contribution in [0, 0.1) is 13.8 Å². The Morgan fingerprint density at radius 3 is 2.67 bits per heavy atom. The smallest absolute Gasteiger partial charge is 0.350 e. The van der Waals surface area contributed by atoms with Crippen molar-refractivity contribution in [3.05, 3.63) is 27.5 Å². The van der Waals surface area contributed by atoms with Crippen LogP contribution in [0.1, 0.15) is 27.7 Å². The van der Waals surface area contributed by atoms with Gasteiger partial charge < -0.3 is 10.5 Å². The fourth-order valence-corrected chi connectivity index (χ4v) is 4.01. The van der Waals surface area contributed by atoms with Gasteiger partial charge in [-0.1, -0.05) is 0 Å². The molecule has 0 aliphatic heterocycles. The number of carbonyl (C=O) groups is 1. The number of nitrogen functional groups attached to an aromatic ring is 1. The van der Waals surface area contributed by atoms with Gasteiger partial charge >= 0.3 is 5.97 Å². The van der Waals surface area contributed by atoms with Gasteiger partial charge in [0.2, 0.25) is 0 Å². The molecule has 0 unspecified atom stereocenters. The van der Waals surface area contributed by atoms with Crippen LogP contribution in [-0.2, 0) is 4.74 Å². The average Bonchev–Trinajstić information content (AvgIpc) is 2.86. The molecule has 0 aromatic carbocycles. The number of aryl methyl sites for hydroxylation is 1. The maximum Gasteiger partial charge on any atom is 0.350 e. The van der Waals surface area contributed by atoms with Crippen molar-refractivity contribution in [3.8, 4) is 9.75 Å². The van der Waals surface area contributed by atoms with Gasteiger partial charge in [-0.25, -0.2) is 4.79 Å². The van der Waals surface area contributed by atoms with Crippen molar-refractivity contribution < 1.29 is 9.53 Å². The fourth-order valence-electron chi connectivity index (χ4n) is 1.70. The minimum absolute atomic E-state index is 0.330. The van der Waals surface area contributed by atoms with Crippen LogP contribution >= 0.6 is 22.7 Å². The van der Waals surface area contributed by atoms with Gasteiger partial charge in [-0.05, 0) is 43.3 Å². The molecule has 0 bridgehead atoms. The van der Waals surface area contributed by atoms with E-state index in [1.165, 1.54) is 21.8 Å². The van der Waals surface area contributed by atoms with Crippen molar-refractivity contribution in [2.45, 2.75) is 20.8 Å². The molecule has 0 fully saturated rings. The predicted octanol–water partition coefficient (Wildman–Crippen LogP) is 3.85. The number of carbonyl (C=O) groups excluding carboxylic acids is 1. The van der Waals surface area contributed by atoms with E-state index in [0.29, 0.717) is 17.2 Å². The molecule has 2 N–H and O–H groups in total. The molecule has 0 amide bonds. The zero-order valence-electron chi connectivity index (χ0n) is 10.6. The van der Waals surface area contributed by atoms with Crippen molar-refractivity contribution in [2.24, 2.45) is 0 Å². The predicted molar refractivity (Wildman–Crippen MR) is 77.5 cm³/mol. The van der Waals surface area contributed by atoms with Crippen LogP contribution in [-0.4, -0.2) is 12.6 Å². The third-order valence-corrected chi connectivity index (χ3v) is 5.19. The lowest BCUT2D eigenvalue weighted by Gasteiger charge is -1.99. The first kappa shape index (κ1) is 13.1. The lowest BCUT2D eigenvalue weighted by atomic mass is 10.1. The van der Waals surface area contributed by atoms with Crippen LogP contribution < -0.4 is 5.73 Å². The third-order valence-electron chi connectivity index (χ3n) is 2.72. The summed E-state index contributed by atoms with van der Waals surface area (Å²) in [4.78, 5) is 14.6. The highest BCUT2D eigenvalue weighted by Gasteiger charge is 2.21. The SMILES string of the molecule is CCOC(=O)c1sc(-c2sccc2C)c(C)c1N. The molecule has 3 nitrogen and oxygen atoms in total. The molecule has 18 heavy (non-hydrogen) atoms. The normalized spacial score (nSPS) is 10.6. The molecule has 0 spiro atoms. The van der Waals surface area contributed by atoms with Crippen molar-refractivity contribution in [3.63, 3.8) is 0 Å². The first-order valence-electron chi connectivity index (χ1n) is 5.66. The number of nitrogens with two attached hydrogens (primary N) is 1. The molecule has 0 atom stereocenters. The molecule has 0 saturated heterocycles. The molecule has 2 aromatic rings. The molecule has 2 aromatic heterocycles. The van der Waals surface area contributed by atoms with Gasteiger partial charge in [-0.3, -0.25) is 0 Å². The van der Waals surface area contributed by atoms with E-state index in [9.17, 15) is 4.79 Å². The molecule has 0 radical (unpaired) electrons. The molecule has 5 heteroatoms. The van der Waals surface area contributed by atoms with E-state index >= 15 is 0 Å². The van der Waals surface area contributed by atoms with Crippen LogP contribution in [0.4, 0.5) is 5.69 Å². The van der Waals surface area contributed by atoms with Gasteiger partial charge in [0.05, 0.1) is 17.2 Å². The summed E-state index contributed by atoms with van der Waals surface area (Å²) >= 11 is 3.08. The standard InChI is InChI=1S/C13H15NO2S2/c1-4-16-13(15)12-9(14)8(3)11(18-12)10-7(2)5-6-17-10/h5-6H,4,14H2,1-3H3. The van der Waals surface area contributed by atoms with Gasteiger partial charge in [0.1, 0.15) is 4.88 Å². The van der Waals surface area contributed by atoms with Crippen LogP contribution in [0.5, 0.6) is 0 Å². The van der Waals surface area contributed by atoms with E-state index in [2.05, 4.69) is 13.0 Å². The zero-order chi connectivity index (χ0) is 13.3. The minimum Gasteiger partial charge on any atom is -0.462 e. The average molecular weight is 281 g/mol. The van der Waals surface area contributed by atoms with Gasteiger partial charge in [0.15, 0.2) is 0 Å². The Labute approximate surface area is 114 Å². The zero-order valence-corrected chi connectivity index (χ0v) is 12.2. The summed E-state index contributed by atoms with van der Waals surface area (Å²) in [7, 11) is 0. The number of thiophene rings is 2. The number of rotatable bonds is 3. The van der Waals surface area contributed by atoms with Crippen LogP contribution in [0.25, 0.3) is 9.75 Å². The number of ether oxygens (including phenoxy) is 1. The lowest BCUT2D eigenvalue weighted by Crippen LogP contribution is -2.05. The summed E-state index contributed by atoms with van der Waals surface area (Å²) < 4.78 is 5.02. The molecular formula is C13H15NO2S2. The quantitative estimate of drug-likeness (QED) is 0.869. The first-order valence-corrected chi connectivity index (χ1v) is 7.36. The number of hydrogen-bond donors (Lipinski definition) is 1.